The van der Waals surface area contributed by atoms with Gasteiger partial charge in [-0.05, 0) is 24.7 Å². The molecule has 0 fully saturated rings. The summed E-state index contributed by atoms with van der Waals surface area (Å²) in [5.41, 5.74) is 1.55. The Balaban J connectivity index is 2.42. The fourth-order valence-corrected chi connectivity index (χ4v) is 1.82. The van der Waals surface area contributed by atoms with E-state index in [-0.39, 0.29) is 6.04 Å². The summed E-state index contributed by atoms with van der Waals surface area (Å²) in [4.78, 5) is 4.01. The van der Waals surface area contributed by atoms with Crippen LogP contribution in [-0.2, 0) is 7.05 Å². The summed E-state index contributed by atoms with van der Waals surface area (Å²) in [6.07, 6.45) is 3.36. The highest BCUT2D eigenvalue weighted by Gasteiger charge is 2.16. The highest BCUT2D eigenvalue weighted by atomic mass is 19.2. The lowest BCUT2D eigenvalue weighted by Crippen LogP contribution is -2.20. The van der Waals surface area contributed by atoms with Gasteiger partial charge in [0, 0.05) is 7.05 Å². The van der Waals surface area contributed by atoms with Crippen molar-refractivity contribution >= 4 is 0 Å². The van der Waals surface area contributed by atoms with Crippen LogP contribution in [0, 0.1) is 11.6 Å². The Bertz CT molecular complexity index is 522. The number of nitrogens with zero attached hydrogens (tertiary/aromatic N) is 2. The molecule has 5 heteroatoms. The molecule has 17 heavy (non-hydrogen) atoms. The number of hydrogen-bond acceptors (Lipinski definition) is 2. The Labute approximate surface area is 98.1 Å². The number of halogens is 2. The van der Waals surface area contributed by atoms with Crippen molar-refractivity contribution in [3.8, 4) is 0 Å². The number of aryl methyl sites for hydroxylation is 1. The third kappa shape index (κ3) is 2.19. The molecule has 0 saturated heterocycles. The molecule has 1 atom stereocenters. The largest absolute Gasteiger partial charge is 0.336 e. The fraction of sp³-hybridized carbons (Fsp3) is 0.250. The Morgan fingerprint density at radius 1 is 1.29 bits per heavy atom. The number of nitrogens with one attached hydrogen (secondary N) is 1. The van der Waals surface area contributed by atoms with Crippen molar-refractivity contribution in [2.45, 2.75) is 6.04 Å². The highest BCUT2D eigenvalue weighted by Crippen LogP contribution is 2.22. The summed E-state index contributed by atoms with van der Waals surface area (Å²) < 4.78 is 27.9. The molecule has 1 N–H and O–H groups in total. The van der Waals surface area contributed by atoms with Crippen LogP contribution < -0.4 is 5.32 Å². The molecular weight excluding hydrogens is 224 g/mol. The van der Waals surface area contributed by atoms with Crippen molar-refractivity contribution in [3.05, 3.63) is 53.6 Å². The molecule has 90 valence electrons. The van der Waals surface area contributed by atoms with Gasteiger partial charge in [0.2, 0.25) is 0 Å². The van der Waals surface area contributed by atoms with Gasteiger partial charge in [-0.3, -0.25) is 0 Å². The van der Waals surface area contributed by atoms with Gasteiger partial charge in [-0.1, -0.05) is 6.07 Å². The lowest BCUT2D eigenvalue weighted by atomic mass is 10.0. The first kappa shape index (κ1) is 11.7. The van der Waals surface area contributed by atoms with Crippen LogP contribution in [0.15, 0.2) is 30.7 Å². The highest BCUT2D eigenvalue weighted by molar-refractivity contribution is 5.28. The minimum atomic E-state index is -0.843. The van der Waals surface area contributed by atoms with Gasteiger partial charge < -0.3 is 9.88 Å². The molecule has 1 heterocycles. The van der Waals surface area contributed by atoms with Gasteiger partial charge in [-0.25, -0.2) is 13.8 Å². The smallest absolute Gasteiger partial charge is 0.159 e. The van der Waals surface area contributed by atoms with Gasteiger partial charge in [-0.15, -0.1) is 0 Å². The Morgan fingerprint density at radius 2 is 2.06 bits per heavy atom. The molecule has 0 aliphatic rings. The number of aromatic nitrogens is 2. The number of hydrogen-bond donors (Lipinski definition) is 1. The van der Waals surface area contributed by atoms with E-state index >= 15 is 0 Å². The molecule has 1 aromatic heterocycles. The fourth-order valence-electron chi connectivity index (χ4n) is 1.82. The molecule has 0 bridgehead atoms. The van der Waals surface area contributed by atoms with E-state index in [1.807, 2.05) is 11.6 Å². The van der Waals surface area contributed by atoms with E-state index in [4.69, 9.17) is 0 Å². The first-order valence-electron chi connectivity index (χ1n) is 5.22. The zero-order chi connectivity index (χ0) is 12.4. The number of imidazole rings is 1. The zero-order valence-electron chi connectivity index (χ0n) is 9.61. The summed E-state index contributed by atoms with van der Waals surface area (Å²) >= 11 is 0. The second kappa shape index (κ2) is 4.63. The van der Waals surface area contributed by atoms with Gasteiger partial charge in [0.05, 0.1) is 24.3 Å². The van der Waals surface area contributed by atoms with Crippen molar-refractivity contribution < 1.29 is 8.78 Å². The Hall–Kier alpha value is -1.75. The van der Waals surface area contributed by atoms with Crippen LogP contribution in [0.1, 0.15) is 17.3 Å². The van der Waals surface area contributed by atoms with E-state index in [9.17, 15) is 8.78 Å². The van der Waals surface area contributed by atoms with Crippen molar-refractivity contribution in [2.75, 3.05) is 7.05 Å². The predicted octanol–water partition coefficient (Wildman–Crippen LogP) is 2.01. The van der Waals surface area contributed by atoms with E-state index < -0.39 is 11.6 Å². The van der Waals surface area contributed by atoms with Gasteiger partial charge >= 0.3 is 0 Å². The van der Waals surface area contributed by atoms with Crippen molar-refractivity contribution in [3.63, 3.8) is 0 Å². The van der Waals surface area contributed by atoms with E-state index in [0.29, 0.717) is 5.56 Å². The van der Waals surface area contributed by atoms with Crippen molar-refractivity contribution in [1.29, 1.82) is 0 Å². The predicted molar refractivity (Wildman–Crippen MR) is 60.5 cm³/mol. The van der Waals surface area contributed by atoms with E-state index in [2.05, 4.69) is 10.3 Å². The summed E-state index contributed by atoms with van der Waals surface area (Å²) in [5.74, 6) is -1.68. The monoisotopic (exact) mass is 237 g/mol. The van der Waals surface area contributed by atoms with Gasteiger partial charge in [0.25, 0.3) is 0 Å². The molecule has 0 aliphatic heterocycles. The minimum absolute atomic E-state index is 0.211. The van der Waals surface area contributed by atoms with Crippen LogP contribution in [0.5, 0.6) is 0 Å². The lowest BCUT2D eigenvalue weighted by Gasteiger charge is -2.17. The molecule has 1 unspecified atom stereocenters. The normalized spacial score (nSPS) is 12.7. The second-order valence-corrected chi connectivity index (χ2v) is 3.82. The molecule has 2 aromatic rings. The van der Waals surface area contributed by atoms with Crippen LogP contribution in [0.25, 0.3) is 0 Å². The van der Waals surface area contributed by atoms with Crippen LogP contribution in [0.4, 0.5) is 8.78 Å². The van der Waals surface area contributed by atoms with Crippen molar-refractivity contribution in [2.24, 2.45) is 7.05 Å². The molecule has 0 spiro atoms. The van der Waals surface area contributed by atoms with E-state index in [0.717, 1.165) is 11.8 Å². The molecule has 2 rings (SSSR count). The number of rotatable bonds is 3. The number of benzene rings is 1. The Kier molecular flexibility index (Phi) is 3.19. The minimum Gasteiger partial charge on any atom is -0.336 e. The molecule has 0 saturated carbocycles. The van der Waals surface area contributed by atoms with E-state index in [1.54, 1.807) is 25.6 Å². The summed E-state index contributed by atoms with van der Waals surface area (Å²) in [6.45, 7) is 0. The zero-order valence-corrected chi connectivity index (χ0v) is 9.61. The lowest BCUT2D eigenvalue weighted by molar-refractivity contribution is 0.504. The van der Waals surface area contributed by atoms with Crippen LogP contribution in [0.3, 0.4) is 0 Å². The first-order chi connectivity index (χ1) is 8.13. The Morgan fingerprint density at radius 3 is 2.59 bits per heavy atom. The molecule has 3 nitrogen and oxygen atoms in total. The van der Waals surface area contributed by atoms with Crippen molar-refractivity contribution in [1.82, 2.24) is 14.9 Å². The van der Waals surface area contributed by atoms with Gasteiger partial charge in [-0.2, -0.15) is 0 Å². The van der Waals surface area contributed by atoms with Crippen LogP contribution in [0.2, 0.25) is 0 Å². The molecule has 1 aromatic carbocycles. The average molecular weight is 237 g/mol. The maximum absolute atomic E-state index is 13.2. The summed E-state index contributed by atoms with van der Waals surface area (Å²) in [5, 5.41) is 3.06. The summed E-state index contributed by atoms with van der Waals surface area (Å²) in [7, 11) is 3.62. The molecule has 0 amide bonds. The molecule has 0 aliphatic carbocycles. The third-order valence-electron chi connectivity index (χ3n) is 2.72. The third-order valence-corrected chi connectivity index (χ3v) is 2.72. The molecule has 0 radical (unpaired) electrons. The van der Waals surface area contributed by atoms with Crippen LogP contribution >= 0.6 is 0 Å². The van der Waals surface area contributed by atoms with Gasteiger partial charge in [0.1, 0.15) is 0 Å². The average Bonchev–Trinajstić information content (AvgIpc) is 2.71. The topological polar surface area (TPSA) is 29.9 Å². The maximum Gasteiger partial charge on any atom is 0.159 e. The first-order valence-corrected chi connectivity index (χ1v) is 5.22. The summed E-state index contributed by atoms with van der Waals surface area (Å²) in [6, 6.07) is 3.68. The molecular formula is C12H13F2N3. The van der Waals surface area contributed by atoms with Crippen LogP contribution in [-0.4, -0.2) is 16.6 Å². The van der Waals surface area contributed by atoms with Gasteiger partial charge in [0.15, 0.2) is 11.6 Å². The maximum atomic E-state index is 13.2. The quantitative estimate of drug-likeness (QED) is 0.885. The van der Waals surface area contributed by atoms with E-state index in [1.165, 1.54) is 6.07 Å². The second-order valence-electron chi connectivity index (χ2n) is 3.82. The SMILES string of the molecule is CNC(c1ccc(F)c(F)c1)c1cncn1C. The standard InChI is InChI=1S/C12H13F2N3/c1-15-12(11-6-16-7-17(11)2)8-3-4-9(13)10(14)5-8/h3-7,12,15H,1-2H3.